The lowest BCUT2D eigenvalue weighted by molar-refractivity contribution is -0.385. The van der Waals surface area contributed by atoms with Crippen LogP contribution in [0.2, 0.25) is 0 Å². The highest BCUT2D eigenvalue weighted by Crippen LogP contribution is 2.38. The van der Waals surface area contributed by atoms with Crippen molar-refractivity contribution in [3.8, 4) is 11.5 Å². The standard InChI is InChI=1S/C20H20F3N3O5/c1-30-16-5-2-14(3-6-16)24-8-10-25(11-9-24)19(27)13-31-18-7-4-15(26(28)29)12-17(18)20(21,22)23/h2-7,12H,8-11,13H2,1H3. The second-order valence-electron chi connectivity index (χ2n) is 6.79. The maximum Gasteiger partial charge on any atom is 0.420 e. The van der Waals surface area contributed by atoms with Crippen LogP contribution in [0.3, 0.4) is 0 Å². The van der Waals surface area contributed by atoms with Gasteiger partial charge in [-0.05, 0) is 30.3 Å². The van der Waals surface area contributed by atoms with Gasteiger partial charge in [-0.2, -0.15) is 13.2 Å². The summed E-state index contributed by atoms with van der Waals surface area (Å²) in [6.07, 6.45) is -4.85. The summed E-state index contributed by atoms with van der Waals surface area (Å²) >= 11 is 0. The molecule has 8 nitrogen and oxygen atoms in total. The Kier molecular flexibility index (Phi) is 6.52. The van der Waals surface area contributed by atoms with Crippen molar-refractivity contribution in [2.24, 2.45) is 0 Å². The van der Waals surface area contributed by atoms with E-state index in [1.54, 1.807) is 7.11 Å². The van der Waals surface area contributed by atoms with Crippen molar-refractivity contribution < 1.29 is 32.4 Å². The third-order valence-electron chi connectivity index (χ3n) is 4.90. The van der Waals surface area contributed by atoms with Gasteiger partial charge in [-0.3, -0.25) is 14.9 Å². The van der Waals surface area contributed by atoms with E-state index in [-0.39, 0.29) is 0 Å². The number of hydrogen-bond acceptors (Lipinski definition) is 6. The number of alkyl halides is 3. The van der Waals surface area contributed by atoms with E-state index < -0.39 is 40.6 Å². The van der Waals surface area contributed by atoms with Crippen LogP contribution in [0.25, 0.3) is 0 Å². The van der Waals surface area contributed by atoms with Gasteiger partial charge in [0.15, 0.2) is 6.61 Å². The zero-order valence-corrected chi connectivity index (χ0v) is 16.6. The second-order valence-corrected chi connectivity index (χ2v) is 6.79. The Labute approximate surface area is 175 Å². The lowest BCUT2D eigenvalue weighted by Crippen LogP contribution is -2.50. The van der Waals surface area contributed by atoms with Crippen LogP contribution < -0.4 is 14.4 Å². The fourth-order valence-electron chi connectivity index (χ4n) is 3.22. The second kappa shape index (κ2) is 9.11. The summed E-state index contributed by atoms with van der Waals surface area (Å²) in [5.41, 5.74) is -1.02. The van der Waals surface area contributed by atoms with Gasteiger partial charge in [-0.1, -0.05) is 0 Å². The van der Waals surface area contributed by atoms with Gasteiger partial charge < -0.3 is 19.3 Å². The zero-order valence-electron chi connectivity index (χ0n) is 16.6. The van der Waals surface area contributed by atoms with Gasteiger partial charge in [0.05, 0.1) is 12.0 Å². The third kappa shape index (κ3) is 5.36. The maximum atomic E-state index is 13.2. The molecule has 1 saturated heterocycles. The van der Waals surface area contributed by atoms with Crippen LogP contribution in [0.1, 0.15) is 5.56 Å². The lowest BCUT2D eigenvalue weighted by atomic mass is 10.1. The molecule has 0 aromatic heterocycles. The van der Waals surface area contributed by atoms with Gasteiger partial charge in [0.25, 0.3) is 11.6 Å². The zero-order chi connectivity index (χ0) is 22.6. The molecule has 0 aliphatic carbocycles. The SMILES string of the molecule is COc1ccc(N2CCN(C(=O)COc3ccc([N+](=O)[O-])cc3C(F)(F)F)CC2)cc1. The van der Waals surface area contributed by atoms with Crippen molar-refractivity contribution in [2.45, 2.75) is 6.18 Å². The summed E-state index contributed by atoms with van der Waals surface area (Å²) < 4.78 is 49.9. The predicted octanol–water partition coefficient (Wildman–Crippen LogP) is 3.35. The normalized spacial score (nSPS) is 14.3. The van der Waals surface area contributed by atoms with E-state index in [1.165, 1.54) is 4.90 Å². The fraction of sp³-hybridized carbons (Fsp3) is 0.350. The number of anilines is 1. The summed E-state index contributed by atoms with van der Waals surface area (Å²) in [4.78, 5) is 25.8. The molecule has 0 radical (unpaired) electrons. The first-order valence-corrected chi connectivity index (χ1v) is 9.34. The van der Waals surface area contributed by atoms with Gasteiger partial charge in [0.1, 0.15) is 17.1 Å². The number of ether oxygens (including phenoxy) is 2. The molecular weight excluding hydrogens is 419 g/mol. The predicted molar refractivity (Wildman–Crippen MR) is 105 cm³/mol. The number of piperazine rings is 1. The molecule has 0 N–H and O–H groups in total. The fourth-order valence-corrected chi connectivity index (χ4v) is 3.22. The summed E-state index contributed by atoms with van der Waals surface area (Å²) in [6.45, 7) is 1.30. The Balaban J connectivity index is 1.58. The van der Waals surface area contributed by atoms with E-state index in [1.807, 2.05) is 24.3 Å². The van der Waals surface area contributed by atoms with Crippen molar-refractivity contribution in [3.05, 3.63) is 58.1 Å². The van der Waals surface area contributed by atoms with Crippen molar-refractivity contribution in [2.75, 3.05) is 44.8 Å². The topological polar surface area (TPSA) is 85.2 Å². The maximum absolute atomic E-state index is 13.2. The highest BCUT2D eigenvalue weighted by molar-refractivity contribution is 5.78. The first-order valence-electron chi connectivity index (χ1n) is 9.34. The van der Waals surface area contributed by atoms with E-state index >= 15 is 0 Å². The molecular formula is C20H20F3N3O5. The molecule has 166 valence electrons. The summed E-state index contributed by atoms with van der Waals surface area (Å²) in [5, 5.41) is 10.8. The molecule has 1 amide bonds. The van der Waals surface area contributed by atoms with Gasteiger partial charge >= 0.3 is 6.18 Å². The number of benzene rings is 2. The van der Waals surface area contributed by atoms with E-state index in [4.69, 9.17) is 9.47 Å². The number of carbonyl (C=O) groups excluding carboxylic acids is 1. The minimum atomic E-state index is -4.85. The average Bonchev–Trinajstić information content (AvgIpc) is 2.76. The Hall–Kier alpha value is -3.50. The van der Waals surface area contributed by atoms with E-state index in [0.717, 1.165) is 23.6 Å². The van der Waals surface area contributed by atoms with Gasteiger partial charge in [-0.15, -0.1) is 0 Å². The number of rotatable bonds is 6. The molecule has 2 aromatic carbocycles. The Bertz CT molecular complexity index is 942. The average molecular weight is 439 g/mol. The molecule has 0 saturated carbocycles. The highest BCUT2D eigenvalue weighted by atomic mass is 19.4. The number of carbonyl (C=O) groups is 1. The van der Waals surface area contributed by atoms with Gasteiger partial charge in [0, 0.05) is 44.0 Å². The Morgan fingerprint density at radius 3 is 2.29 bits per heavy atom. The molecule has 3 rings (SSSR count). The first kappa shape index (κ1) is 22.2. The van der Waals surface area contributed by atoms with Crippen LogP contribution in [-0.4, -0.2) is 55.6 Å². The molecule has 0 atom stereocenters. The molecule has 1 aliphatic heterocycles. The van der Waals surface area contributed by atoms with Crippen LogP contribution in [0.4, 0.5) is 24.5 Å². The molecule has 1 heterocycles. The highest BCUT2D eigenvalue weighted by Gasteiger charge is 2.36. The molecule has 0 bridgehead atoms. The summed E-state index contributed by atoms with van der Waals surface area (Å²) in [7, 11) is 1.58. The van der Waals surface area contributed by atoms with Crippen molar-refractivity contribution in [1.29, 1.82) is 0 Å². The van der Waals surface area contributed by atoms with Gasteiger partial charge in [0.2, 0.25) is 0 Å². The van der Waals surface area contributed by atoms with Crippen LogP contribution in [0.15, 0.2) is 42.5 Å². The number of halogens is 3. The largest absolute Gasteiger partial charge is 0.497 e. The number of hydrogen-bond donors (Lipinski definition) is 0. The number of non-ortho nitro benzene ring substituents is 1. The van der Waals surface area contributed by atoms with Crippen LogP contribution in [-0.2, 0) is 11.0 Å². The van der Waals surface area contributed by atoms with E-state index in [9.17, 15) is 28.1 Å². The Morgan fingerprint density at radius 2 is 1.74 bits per heavy atom. The molecule has 1 fully saturated rings. The summed E-state index contributed by atoms with van der Waals surface area (Å²) in [6, 6.07) is 9.65. The molecule has 1 aliphatic rings. The quantitative estimate of drug-likeness (QED) is 0.507. The lowest BCUT2D eigenvalue weighted by Gasteiger charge is -2.36. The van der Waals surface area contributed by atoms with Crippen molar-refractivity contribution in [3.63, 3.8) is 0 Å². The molecule has 11 heteroatoms. The van der Waals surface area contributed by atoms with Crippen LogP contribution >= 0.6 is 0 Å². The van der Waals surface area contributed by atoms with Crippen LogP contribution in [0.5, 0.6) is 11.5 Å². The van der Waals surface area contributed by atoms with E-state index in [0.29, 0.717) is 32.2 Å². The molecule has 2 aromatic rings. The molecule has 31 heavy (non-hydrogen) atoms. The van der Waals surface area contributed by atoms with Crippen LogP contribution in [0, 0.1) is 10.1 Å². The molecule has 0 unspecified atom stereocenters. The smallest absolute Gasteiger partial charge is 0.420 e. The minimum Gasteiger partial charge on any atom is -0.497 e. The molecule has 0 spiro atoms. The number of nitro groups is 1. The monoisotopic (exact) mass is 439 g/mol. The minimum absolute atomic E-state index is 0.389. The summed E-state index contributed by atoms with van der Waals surface area (Å²) in [5.74, 6) is -0.344. The first-order chi connectivity index (χ1) is 14.7. The van der Waals surface area contributed by atoms with E-state index in [2.05, 4.69) is 4.90 Å². The van der Waals surface area contributed by atoms with Gasteiger partial charge in [-0.25, -0.2) is 0 Å². The number of methoxy groups -OCH3 is 1. The third-order valence-corrected chi connectivity index (χ3v) is 4.90. The van der Waals surface area contributed by atoms with Crippen molar-refractivity contribution >= 4 is 17.3 Å². The number of amides is 1. The van der Waals surface area contributed by atoms with Crippen molar-refractivity contribution in [1.82, 2.24) is 4.90 Å². The number of nitro benzene ring substituents is 1. The number of nitrogens with zero attached hydrogens (tertiary/aromatic N) is 3. The Morgan fingerprint density at radius 1 is 1.10 bits per heavy atom.